The monoisotopic (exact) mass is 170 g/mol. The summed E-state index contributed by atoms with van der Waals surface area (Å²) in [6, 6.07) is 4.66. The number of hydrogen-bond acceptors (Lipinski definition) is 3. The van der Waals surface area contributed by atoms with Gasteiger partial charge in [0.2, 0.25) is 0 Å². The molecule has 1 aromatic carbocycles. The zero-order chi connectivity index (χ0) is 8.27. The smallest absolute Gasteiger partial charge is 0.134 e. The van der Waals surface area contributed by atoms with Crippen LogP contribution < -0.4 is 0 Å². The van der Waals surface area contributed by atoms with Gasteiger partial charge in [-0.15, -0.1) is 0 Å². The quantitative estimate of drug-likeness (QED) is 0.648. The van der Waals surface area contributed by atoms with Crippen molar-refractivity contribution < 1.29 is 5.11 Å². The van der Waals surface area contributed by atoms with E-state index in [4.69, 9.17) is 16.7 Å². The average Bonchev–Trinajstić information content (AvgIpc) is 1.98. The van der Waals surface area contributed by atoms with Crippen molar-refractivity contribution in [1.29, 1.82) is 0 Å². The van der Waals surface area contributed by atoms with Gasteiger partial charge in [-0.25, -0.2) is 0 Å². The fourth-order valence-corrected chi connectivity index (χ4v) is 0.848. The molecule has 0 aliphatic rings. The topological polar surface area (TPSA) is 45.0 Å². The number of phenols is 1. The van der Waals surface area contributed by atoms with Crippen molar-refractivity contribution in [2.75, 3.05) is 7.05 Å². The molecular formula is C7H7ClN2O. The molecule has 0 radical (unpaired) electrons. The van der Waals surface area contributed by atoms with E-state index in [9.17, 15) is 0 Å². The molecule has 1 aromatic rings. The van der Waals surface area contributed by atoms with Gasteiger partial charge in [-0.1, -0.05) is 11.6 Å². The van der Waals surface area contributed by atoms with Crippen LogP contribution in [0.5, 0.6) is 5.75 Å². The molecule has 0 heterocycles. The van der Waals surface area contributed by atoms with Gasteiger partial charge in [0.1, 0.15) is 5.75 Å². The van der Waals surface area contributed by atoms with Crippen molar-refractivity contribution in [2.24, 2.45) is 10.2 Å². The Bertz CT molecular complexity index is 286. The van der Waals surface area contributed by atoms with Crippen molar-refractivity contribution in [3.63, 3.8) is 0 Å². The van der Waals surface area contributed by atoms with Gasteiger partial charge >= 0.3 is 0 Å². The lowest BCUT2D eigenvalue weighted by molar-refractivity contribution is 0.475. The highest BCUT2D eigenvalue weighted by atomic mass is 35.5. The Balaban J connectivity index is 3.05. The predicted octanol–water partition coefficient (Wildman–Crippen LogP) is 2.76. The summed E-state index contributed by atoms with van der Waals surface area (Å²) in [5.74, 6) is 0.0571. The highest BCUT2D eigenvalue weighted by Gasteiger charge is 1.97. The summed E-state index contributed by atoms with van der Waals surface area (Å²) in [5, 5.41) is 16.6. The van der Waals surface area contributed by atoms with Crippen LogP contribution in [0.1, 0.15) is 0 Å². The third-order valence-corrected chi connectivity index (χ3v) is 1.45. The average molecular weight is 171 g/mol. The van der Waals surface area contributed by atoms with Gasteiger partial charge in [-0.2, -0.15) is 10.2 Å². The van der Waals surface area contributed by atoms with Crippen molar-refractivity contribution >= 4 is 17.3 Å². The number of azo groups is 1. The summed E-state index contributed by atoms with van der Waals surface area (Å²) in [7, 11) is 1.57. The first-order valence-corrected chi connectivity index (χ1v) is 3.40. The van der Waals surface area contributed by atoms with Gasteiger partial charge in [0.15, 0.2) is 0 Å². The van der Waals surface area contributed by atoms with E-state index >= 15 is 0 Å². The maximum absolute atomic E-state index is 9.01. The summed E-state index contributed by atoms with van der Waals surface area (Å²) in [6.07, 6.45) is 0. The predicted molar refractivity (Wildman–Crippen MR) is 43.6 cm³/mol. The summed E-state index contributed by atoms with van der Waals surface area (Å²) in [4.78, 5) is 0. The molecule has 1 N–H and O–H groups in total. The summed E-state index contributed by atoms with van der Waals surface area (Å²) >= 11 is 5.60. The van der Waals surface area contributed by atoms with Crippen LogP contribution in [0, 0.1) is 0 Å². The molecule has 0 aromatic heterocycles. The normalized spacial score (nSPS) is 10.7. The third-order valence-electron chi connectivity index (χ3n) is 1.15. The Labute approximate surface area is 69.3 Å². The molecule has 3 nitrogen and oxygen atoms in total. The lowest BCUT2D eigenvalue weighted by Crippen LogP contribution is -1.67. The lowest BCUT2D eigenvalue weighted by atomic mass is 10.3. The number of halogens is 1. The minimum absolute atomic E-state index is 0.0571. The molecular weight excluding hydrogens is 164 g/mol. The maximum Gasteiger partial charge on any atom is 0.134 e. The first kappa shape index (κ1) is 8.01. The Morgan fingerprint density at radius 1 is 1.45 bits per heavy atom. The molecule has 0 bridgehead atoms. The molecule has 4 heteroatoms. The van der Waals surface area contributed by atoms with E-state index in [0.29, 0.717) is 5.69 Å². The van der Waals surface area contributed by atoms with Crippen molar-refractivity contribution in [3.05, 3.63) is 23.2 Å². The van der Waals surface area contributed by atoms with Crippen LogP contribution in [0.15, 0.2) is 28.4 Å². The molecule has 0 amide bonds. The highest BCUT2D eigenvalue weighted by Crippen LogP contribution is 2.27. The number of hydrogen-bond donors (Lipinski definition) is 1. The van der Waals surface area contributed by atoms with E-state index < -0.39 is 0 Å². The number of benzene rings is 1. The highest BCUT2D eigenvalue weighted by molar-refractivity contribution is 6.32. The molecule has 0 aliphatic carbocycles. The fourth-order valence-electron chi connectivity index (χ4n) is 0.673. The van der Waals surface area contributed by atoms with E-state index in [1.807, 2.05) is 0 Å². The zero-order valence-corrected chi connectivity index (χ0v) is 6.71. The van der Waals surface area contributed by atoms with Crippen LogP contribution in [0.4, 0.5) is 5.69 Å². The van der Waals surface area contributed by atoms with Crippen LogP contribution in [-0.4, -0.2) is 12.2 Å². The zero-order valence-electron chi connectivity index (χ0n) is 5.95. The summed E-state index contributed by atoms with van der Waals surface area (Å²) in [5.41, 5.74) is 0.635. The second-order valence-electron chi connectivity index (χ2n) is 1.94. The second kappa shape index (κ2) is 3.34. The summed E-state index contributed by atoms with van der Waals surface area (Å²) < 4.78 is 0. The third kappa shape index (κ3) is 1.91. The molecule has 58 valence electrons. The Morgan fingerprint density at radius 3 is 2.73 bits per heavy atom. The summed E-state index contributed by atoms with van der Waals surface area (Å²) in [6.45, 7) is 0. The fraction of sp³-hybridized carbons (Fsp3) is 0.143. The molecule has 1 rings (SSSR count). The van der Waals surface area contributed by atoms with Gasteiger partial charge in [-0.3, -0.25) is 0 Å². The van der Waals surface area contributed by atoms with E-state index in [1.54, 1.807) is 19.2 Å². The lowest BCUT2D eigenvalue weighted by Gasteiger charge is -1.95. The van der Waals surface area contributed by atoms with Crippen LogP contribution in [-0.2, 0) is 0 Å². The maximum atomic E-state index is 9.01. The van der Waals surface area contributed by atoms with Crippen molar-refractivity contribution in [1.82, 2.24) is 0 Å². The molecule has 0 atom stereocenters. The second-order valence-corrected chi connectivity index (χ2v) is 2.34. The van der Waals surface area contributed by atoms with E-state index in [0.717, 1.165) is 0 Å². The Morgan fingerprint density at radius 2 is 2.18 bits per heavy atom. The van der Waals surface area contributed by atoms with Gasteiger partial charge in [-0.05, 0) is 18.2 Å². The van der Waals surface area contributed by atoms with Gasteiger partial charge in [0.25, 0.3) is 0 Å². The van der Waals surface area contributed by atoms with E-state index in [-0.39, 0.29) is 10.8 Å². The van der Waals surface area contributed by atoms with Crippen LogP contribution >= 0.6 is 11.6 Å². The Hall–Kier alpha value is -1.09. The molecule has 0 aliphatic heterocycles. The van der Waals surface area contributed by atoms with E-state index in [1.165, 1.54) is 6.07 Å². The minimum atomic E-state index is 0.0571. The van der Waals surface area contributed by atoms with Gasteiger partial charge < -0.3 is 5.11 Å². The first-order chi connectivity index (χ1) is 5.24. The molecule has 0 spiro atoms. The number of aromatic hydroxyl groups is 1. The minimum Gasteiger partial charge on any atom is -0.506 e. The SMILES string of the molecule is C/N=N/c1ccc(O)c(Cl)c1. The van der Waals surface area contributed by atoms with Crippen molar-refractivity contribution in [3.8, 4) is 5.75 Å². The standard InChI is InChI=1S/C7H7ClN2O/c1-9-10-5-2-3-7(11)6(8)4-5/h2-4,11H,1H3/b10-9+. The molecule has 0 saturated heterocycles. The Kier molecular flexibility index (Phi) is 2.44. The van der Waals surface area contributed by atoms with Crippen LogP contribution in [0.2, 0.25) is 5.02 Å². The van der Waals surface area contributed by atoms with Crippen molar-refractivity contribution in [2.45, 2.75) is 0 Å². The first-order valence-electron chi connectivity index (χ1n) is 3.02. The molecule has 0 saturated carbocycles. The number of phenolic OH excluding ortho intramolecular Hbond substituents is 1. The van der Waals surface area contributed by atoms with Gasteiger partial charge in [0.05, 0.1) is 10.7 Å². The molecule has 0 unspecified atom stereocenters. The largest absolute Gasteiger partial charge is 0.506 e. The van der Waals surface area contributed by atoms with Crippen LogP contribution in [0.3, 0.4) is 0 Å². The number of rotatable bonds is 1. The molecule has 11 heavy (non-hydrogen) atoms. The van der Waals surface area contributed by atoms with Gasteiger partial charge in [0, 0.05) is 7.05 Å². The molecule has 0 fully saturated rings. The van der Waals surface area contributed by atoms with Crippen LogP contribution in [0.25, 0.3) is 0 Å². The van der Waals surface area contributed by atoms with E-state index in [2.05, 4.69) is 10.2 Å². The number of nitrogens with zero attached hydrogens (tertiary/aromatic N) is 2.